The van der Waals surface area contributed by atoms with Gasteiger partial charge in [-0.2, -0.15) is 23.2 Å². The maximum absolute atomic E-state index is 9.44. The summed E-state index contributed by atoms with van der Waals surface area (Å²) in [6, 6.07) is 46.2. The number of pyridine rings is 1. The van der Waals surface area contributed by atoms with Crippen LogP contribution in [-0.2, 0) is 5.41 Å². The van der Waals surface area contributed by atoms with E-state index in [1.165, 1.54) is 27.8 Å². The third-order valence-electron chi connectivity index (χ3n) is 9.26. The second kappa shape index (κ2) is 13.0. The van der Waals surface area contributed by atoms with Crippen LogP contribution in [0.3, 0.4) is 0 Å². The van der Waals surface area contributed by atoms with Gasteiger partial charge in [0.1, 0.15) is 0 Å². The molecule has 5 aromatic carbocycles. The predicted molar refractivity (Wildman–Crippen MR) is 198 cm³/mol. The lowest BCUT2D eigenvalue weighted by molar-refractivity contribution is 0.748. The summed E-state index contributed by atoms with van der Waals surface area (Å²) >= 11 is 4.92. The quantitative estimate of drug-likeness (QED) is 0.141. The Morgan fingerprint density at radius 1 is 0.667 bits per heavy atom. The first-order chi connectivity index (χ1) is 23.6. The van der Waals surface area contributed by atoms with Gasteiger partial charge in [0.05, 0.1) is 28.7 Å². The predicted octanol–water partition coefficient (Wildman–Crippen LogP) is 10.6. The summed E-state index contributed by atoms with van der Waals surface area (Å²) < 4.78 is 0. The van der Waals surface area contributed by atoms with Crippen molar-refractivity contribution in [3.8, 4) is 56.6 Å². The summed E-state index contributed by atoms with van der Waals surface area (Å²) in [5, 5.41) is 18.9. The number of nitriles is 2. The average molecular weight is 634 g/mol. The molecule has 0 radical (unpaired) electrons. The van der Waals surface area contributed by atoms with Gasteiger partial charge in [-0.15, -0.1) is 0 Å². The zero-order valence-corrected chi connectivity index (χ0v) is 27.3. The Balaban J connectivity index is 1.54. The Hall–Kier alpha value is -5.94. The highest BCUT2D eigenvalue weighted by atomic mass is 32.1. The first-order valence-electron chi connectivity index (χ1n) is 15.9. The van der Waals surface area contributed by atoms with E-state index in [0.29, 0.717) is 16.9 Å². The smallest absolute Gasteiger partial charge is 0.0991 e. The van der Waals surface area contributed by atoms with Gasteiger partial charge in [-0.05, 0) is 128 Å². The fraction of sp³-hybridized carbons (Fsp3) is 0.0682. The topological polar surface area (TPSA) is 60.5 Å². The molecule has 0 fully saturated rings. The van der Waals surface area contributed by atoms with Crippen LogP contribution in [0.2, 0.25) is 0 Å². The molecule has 1 aliphatic rings. The van der Waals surface area contributed by atoms with Gasteiger partial charge in [-0.25, -0.2) is 0 Å². The molecule has 48 heavy (non-hydrogen) atoms. The van der Waals surface area contributed by atoms with Crippen LogP contribution in [-0.4, -0.2) is 10.7 Å². The first-order valence-corrected chi connectivity index (χ1v) is 16.5. The van der Waals surface area contributed by atoms with Crippen LogP contribution in [0.5, 0.6) is 0 Å². The van der Waals surface area contributed by atoms with E-state index in [-0.39, 0.29) is 0 Å². The van der Waals surface area contributed by atoms with Crippen LogP contribution in [0.1, 0.15) is 34.7 Å². The fourth-order valence-electron chi connectivity index (χ4n) is 7.11. The van der Waals surface area contributed by atoms with Gasteiger partial charge < -0.3 is 0 Å². The third-order valence-corrected chi connectivity index (χ3v) is 9.60. The van der Waals surface area contributed by atoms with Crippen molar-refractivity contribution in [3.05, 3.63) is 185 Å². The largest absolute Gasteiger partial charge is 0.265 e. The van der Waals surface area contributed by atoms with Gasteiger partial charge >= 0.3 is 0 Å². The molecule has 1 aromatic heterocycles. The average Bonchev–Trinajstić information content (AvgIpc) is 3.46. The van der Waals surface area contributed by atoms with E-state index in [1.807, 2.05) is 67.8 Å². The van der Waals surface area contributed by atoms with E-state index < -0.39 is 5.41 Å². The van der Waals surface area contributed by atoms with Crippen molar-refractivity contribution in [2.75, 3.05) is 5.75 Å². The molecule has 1 aliphatic carbocycles. The zero-order chi connectivity index (χ0) is 33.1. The van der Waals surface area contributed by atoms with Gasteiger partial charge in [0, 0.05) is 18.1 Å². The summed E-state index contributed by atoms with van der Waals surface area (Å²) in [4.78, 5) is 4.38. The van der Waals surface area contributed by atoms with Crippen LogP contribution in [0, 0.1) is 22.7 Å². The SMILES string of the molecule is C/C=C\C=C(/CS)C1(c2ccncc2)c2ccccc2-c2c(-c3cc(-c4ccc(C#N)cc4)cc(-c4ccc(C#N)cc4)c3)cccc21. The molecule has 0 N–H and O–H groups in total. The molecule has 1 heterocycles. The van der Waals surface area contributed by atoms with E-state index in [9.17, 15) is 10.5 Å². The van der Waals surface area contributed by atoms with E-state index in [0.717, 1.165) is 38.9 Å². The van der Waals surface area contributed by atoms with Crippen molar-refractivity contribution in [2.45, 2.75) is 12.3 Å². The Morgan fingerprint density at radius 3 is 1.81 bits per heavy atom. The van der Waals surface area contributed by atoms with Crippen molar-refractivity contribution >= 4 is 12.6 Å². The van der Waals surface area contributed by atoms with E-state index in [2.05, 4.69) is 108 Å². The normalized spacial score (nSPS) is 15.0. The summed E-state index contributed by atoms with van der Waals surface area (Å²) in [5.41, 5.74) is 14.2. The maximum Gasteiger partial charge on any atom is 0.0991 e. The third kappa shape index (κ3) is 5.14. The van der Waals surface area contributed by atoms with E-state index in [1.54, 1.807) is 0 Å². The Morgan fingerprint density at radius 2 is 1.23 bits per heavy atom. The number of thiol groups is 1. The summed E-state index contributed by atoms with van der Waals surface area (Å²) in [5.74, 6) is 0.571. The molecular weight excluding hydrogens is 603 g/mol. The zero-order valence-electron chi connectivity index (χ0n) is 26.4. The van der Waals surface area contributed by atoms with Gasteiger partial charge in [-0.3, -0.25) is 4.98 Å². The van der Waals surface area contributed by atoms with Crippen molar-refractivity contribution < 1.29 is 0 Å². The first kappa shape index (κ1) is 30.7. The highest BCUT2D eigenvalue weighted by Crippen LogP contribution is 2.58. The molecule has 0 amide bonds. The second-order valence-corrected chi connectivity index (χ2v) is 12.1. The number of aromatic nitrogens is 1. The number of nitrogens with zero attached hydrogens (tertiary/aromatic N) is 3. The number of hydrogen-bond donors (Lipinski definition) is 1. The van der Waals surface area contributed by atoms with Crippen LogP contribution >= 0.6 is 12.6 Å². The highest BCUT2D eigenvalue weighted by molar-refractivity contribution is 7.80. The molecule has 1 unspecified atom stereocenters. The van der Waals surface area contributed by atoms with Gasteiger partial charge in [0.2, 0.25) is 0 Å². The van der Waals surface area contributed by atoms with Crippen LogP contribution in [0.4, 0.5) is 0 Å². The number of benzene rings is 5. The highest BCUT2D eigenvalue weighted by Gasteiger charge is 2.47. The standard InChI is InChI=1S/C44H31N3S/c1-2-3-7-38(29-48)44(37-20-22-47-23-21-37)41-10-5-4-8-40(41)43-39(9-6-11-42(43)44)36-25-34(32-16-12-30(27-45)13-17-32)24-35(26-36)33-18-14-31(28-46)15-19-33/h2-26,48H,29H2,1H3/b3-2-,38-7+. The molecule has 0 saturated carbocycles. The molecule has 1 atom stereocenters. The molecule has 0 bridgehead atoms. The minimum Gasteiger partial charge on any atom is -0.265 e. The monoisotopic (exact) mass is 633 g/mol. The summed E-state index contributed by atoms with van der Waals surface area (Å²) in [7, 11) is 0. The maximum atomic E-state index is 9.44. The van der Waals surface area contributed by atoms with Crippen LogP contribution < -0.4 is 0 Å². The number of hydrogen-bond acceptors (Lipinski definition) is 4. The van der Waals surface area contributed by atoms with Crippen molar-refractivity contribution in [1.82, 2.24) is 4.98 Å². The van der Waals surface area contributed by atoms with E-state index in [4.69, 9.17) is 12.6 Å². The Labute approximate surface area is 287 Å². The lowest BCUT2D eigenvalue weighted by Crippen LogP contribution is -2.30. The molecular formula is C44H31N3S. The van der Waals surface area contributed by atoms with Crippen molar-refractivity contribution in [3.63, 3.8) is 0 Å². The molecule has 7 rings (SSSR count). The number of fused-ring (bicyclic) bond motifs is 3. The number of rotatable bonds is 7. The van der Waals surface area contributed by atoms with Crippen LogP contribution in [0.15, 0.2) is 158 Å². The fourth-order valence-corrected chi connectivity index (χ4v) is 7.46. The Bertz CT molecular complexity index is 2210. The molecule has 0 saturated heterocycles. The molecule has 3 nitrogen and oxygen atoms in total. The molecule has 0 spiro atoms. The van der Waals surface area contributed by atoms with E-state index >= 15 is 0 Å². The second-order valence-electron chi connectivity index (χ2n) is 11.8. The summed E-state index contributed by atoms with van der Waals surface area (Å²) in [6.07, 6.45) is 10.1. The Kier molecular flexibility index (Phi) is 8.35. The minimum absolute atomic E-state index is 0.563. The number of allylic oxidation sites excluding steroid dienone is 3. The molecule has 0 aliphatic heterocycles. The molecule has 6 aromatic rings. The molecule has 4 heteroatoms. The summed E-state index contributed by atoms with van der Waals surface area (Å²) in [6.45, 7) is 2.03. The molecule has 228 valence electrons. The lowest BCUT2D eigenvalue weighted by Gasteiger charge is -2.35. The van der Waals surface area contributed by atoms with Gasteiger partial charge in [0.15, 0.2) is 0 Å². The lowest BCUT2D eigenvalue weighted by atomic mass is 9.67. The van der Waals surface area contributed by atoms with Crippen molar-refractivity contribution in [1.29, 1.82) is 10.5 Å². The van der Waals surface area contributed by atoms with Crippen LogP contribution in [0.25, 0.3) is 44.5 Å². The van der Waals surface area contributed by atoms with Gasteiger partial charge in [0.25, 0.3) is 0 Å². The minimum atomic E-state index is -0.563. The van der Waals surface area contributed by atoms with Gasteiger partial charge in [-0.1, -0.05) is 85.0 Å². The van der Waals surface area contributed by atoms with Crippen molar-refractivity contribution in [2.24, 2.45) is 0 Å².